The van der Waals surface area contributed by atoms with Crippen molar-refractivity contribution >= 4 is 41.2 Å². The van der Waals surface area contributed by atoms with Crippen LogP contribution in [0.3, 0.4) is 0 Å². The molecule has 2 heterocycles. The quantitative estimate of drug-likeness (QED) is 0.352. The molecule has 2 aromatic rings. The number of hydrogen-bond acceptors (Lipinski definition) is 9. The average Bonchev–Trinajstić information content (AvgIpc) is 2.86. The molecule has 2 aliphatic rings. The van der Waals surface area contributed by atoms with Crippen molar-refractivity contribution in [1.29, 1.82) is 0 Å². The third-order valence-corrected chi connectivity index (χ3v) is 6.44. The molecule has 2 aromatic carbocycles. The molecule has 0 saturated carbocycles. The molecule has 1 fully saturated rings. The van der Waals surface area contributed by atoms with E-state index in [1.54, 1.807) is 0 Å². The third kappa shape index (κ3) is 5.89. The van der Waals surface area contributed by atoms with Crippen molar-refractivity contribution in [2.75, 3.05) is 43.0 Å². The minimum absolute atomic E-state index is 0.189. The van der Waals surface area contributed by atoms with E-state index < -0.39 is 30.2 Å². The summed E-state index contributed by atoms with van der Waals surface area (Å²) in [5.41, 5.74) is 14.0. The van der Waals surface area contributed by atoms with Crippen molar-refractivity contribution in [2.24, 2.45) is 11.5 Å². The van der Waals surface area contributed by atoms with Gasteiger partial charge in [-0.25, -0.2) is 19.2 Å². The van der Waals surface area contributed by atoms with Crippen LogP contribution in [0.4, 0.5) is 26.7 Å². The molecule has 0 aliphatic carbocycles. The zero-order valence-corrected chi connectivity index (χ0v) is 20.5. The maximum Gasteiger partial charge on any atom is 0.412 e. The summed E-state index contributed by atoms with van der Waals surface area (Å²) in [6.45, 7) is 2.29. The predicted octanol–water partition coefficient (Wildman–Crippen LogP) is 2.06. The number of fused-ring (bicyclic) bond motifs is 1. The van der Waals surface area contributed by atoms with Crippen LogP contribution < -0.4 is 21.3 Å². The number of carbonyl (C=O) groups is 4. The van der Waals surface area contributed by atoms with Gasteiger partial charge in [-0.2, -0.15) is 0 Å². The van der Waals surface area contributed by atoms with E-state index in [9.17, 15) is 19.2 Å². The summed E-state index contributed by atoms with van der Waals surface area (Å²) >= 11 is 0. The number of hydrogen-bond donors (Lipinski definition) is 2. The number of para-hydroxylation sites is 3. The fraction of sp³-hybridized carbons (Fsp3) is 0.308. The number of piperazine rings is 1. The number of carbonyl (C=O) groups excluding carboxylic acids is 4. The average molecular weight is 508 g/mol. The number of esters is 2. The molecule has 0 bridgehead atoms. The molecule has 0 aromatic heterocycles. The SMILES string of the molecule is CN1CCN(c2ccccc2N2CCCc3ccccc32)C(/C(=C/C(=O)OC(N)=O)C(=O)OC(N)=O)C1. The summed E-state index contributed by atoms with van der Waals surface area (Å²) in [4.78, 5) is 53.9. The van der Waals surface area contributed by atoms with E-state index in [2.05, 4.69) is 26.5 Å². The molecule has 2 aliphatic heterocycles. The lowest BCUT2D eigenvalue weighted by molar-refractivity contribution is -0.135. The van der Waals surface area contributed by atoms with E-state index in [4.69, 9.17) is 11.5 Å². The lowest BCUT2D eigenvalue weighted by atomic mass is 9.98. The third-order valence-electron chi connectivity index (χ3n) is 6.44. The van der Waals surface area contributed by atoms with E-state index in [-0.39, 0.29) is 5.57 Å². The highest BCUT2D eigenvalue weighted by atomic mass is 16.6. The molecule has 194 valence electrons. The molecule has 0 radical (unpaired) electrons. The minimum atomic E-state index is -1.32. The van der Waals surface area contributed by atoms with Crippen LogP contribution in [0.2, 0.25) is 0 Å². The Bertz CT molecular complexity index is 1250. The minimum Gasteiger partial charge on any atom is -0.373 e. The largest absolute Gasteiger partial charge is 0.412 e. The van der Waals surface area contributed by atoms with E-state index >= 15 is 0 Å². The first-order valence-electron chi connectivity index (χ1n) is 11.9. The number of amides is 2. The molecule has 11 heteroatoms. The van der Waals surface area contributed by atoms with E-state index in [0.717, 1.165) is 42.5 Å². The van der Waals surface area contributed by atoms with Gasteiger partial charge in [-0.3, -0.25) is 0 Å². The smallest absolute Gasteiger partial charge is 0.373 e. The summed E-state index contributed by atoms with van der Waals surface area (Å²) in [5, 5.41) is 0. The highest BCUT2D eigenvalue weighted by molar-refractivity contribution is 6.03. The Kier molecular flexibility index (Phi) is 7.73. The maximum absolute atomic E-state index is 12.9. The lowest BCUT2D eigenvalue weighted by Crippen LogP contribution is -2.54. The summed E-state index contributed by atoms with van der Waals surface area (Å²) in [6.07, 6.45) is 0.147. The van der Waals surface area contributed by atoms with Crippen molar-refractivity contribution in [2.45, 2.75) is 18.9 Å². The second-order valence-electron chi connectivity index (χ2n) is 8.89. The molecule has 1 unspecified atom stereocenters. The zero-order valence-electron chi connectivity index (χ0n) is 20.5. The molecule has 37 heavy (non-hydrogen) atoms. The number of rotatable bonds is 5. The number of ether oxygens (including phenoxy) is 2. The van der Waals surface area contributed by atoms with Gasteiger partial charge in [0.1, 0.15) is 0 Å². The van der Waals surface area contributed by atoms with Gasteiger partial charge in [0, 0.05) is 37.9 Å². The van der Waals surface area contributed by atoms with E-state index in [0.29, 0.717) is 19.6 Å². The van der Waals surface area contributed by atoms with Gasteiger partial charge in [0.05, 0.1) is 23.0 Å². The molecule has 4 N–H and O–H groups in total. The van der Waals surface area contributed by atoms with Crippen molar-refractivity contribution in [3.8, 4) is 0 Å². The highest BCUT2D eigenvalue weighted by Crippen LogP contribution is 2.40. The first kappa shape index (κ1) is 25.7. The van der Waals surface area contributed by atoms with Crippen LogP contribution in [0.25, 0.3) is 0 Å². The predicted molar refractivity (Wildman–Crippen MR) is 136 cm³/mol. The van der Waals surface area contributed by atoms with Crippen molar-refractivity contribution in [3.63, 3.8) is 0 Å². The Morgan fingerprint density at radius 2 is 1.51 bits per heavy atom. The Labute approximate surface area is 214 Å². The molecule has 1 atom stereocenters. The highest BCUT2D eigenvalue weighted by Gasteiger charge is 2.36. The molecule has 2 amide bonds. The number of primary amides is 2. The van der Waals surface area contributed by atoms with E-state index in [1.165, 1.54) is 5.56 Å². The summed E-state index contributed by atoms with van der Waals surface area (Å²) in [6, 6.07) is 15.3. The summed E-state index contributed by atoms with van der Waals surface area (Å²) in [7, 11) is 1.87. The van der Waals surface area contributed by atoms with Crippen molar-refractivity contribution in [1.82, 2.24) is 4.90 Å². The lowest BCUT2D eigenvalue weighted by Gasteiger charge is -2.44. The summed E-state index contributed by atoms with van der Waals surface area (Å²) < 4.78 is 9.05. The number of aryl methyl sites for hydroxylation is 1. The molecule has 11 nitrogen and oxygen atoms in total. The Hall–Kier alpha value is -4.38. The van der Waals surface area contributed by atoms with Crippen LogP contribution in [0.5, 0.6) is 0 Å². The first-order chi connectivity index (χ1) is 17.7. The second-order valence-corrected chi connectivity index (χ2v) is 8.89. The van der Waals surface area contributed by atoms with Gasteiger partial charge >= 0.3 is 24.1 Å². The zero-order chi connectivity index (χ0) is 26.5. The van der Waals surface area contributed by atoms with Crippen LogP contribution in [0, 0.1) is 0 Å². The van der Waals surface area contributed by atoms with Crippen LogP contribution in [-0.4, -0.2) is 68.3 Å². The van der Waals surface area contributed by atoms with E-state index in [1.807, 2.05) is 53.2 Å². The van der Waals surface area contributed by atoms with Gasteiger partial charge in [-0.15, -0.1) is 0 Å². The topological polar surface area (TPSA) is 148 Å². The standard InChI is InChI=1S/C26H29N5O6/c1-29-13-14-31(22(16-29)18(24(33)37-26(28)35)15-23(32)36-25(27)34)21-11-5-4-10-20(21)30-12-6-8-17-7-2-3-9-19(17)30/h2-5,7,9-11,15,22H,6,8,12-14,16H2,1H3,(H2,27,34)(H2,28,35)/b18-15-. The second kappa shape index (κ2) is 11.1. The Balaban J connectivity index is 1.79. The monoisotopic (exact) mass is 507 g/mol. The molecule has 4 rings (SSSR count). The number of nitrogens with two attached hydrogens (primary N) is 2. The fourth-order valence-electron chi connectivity index (χ4n) is 4.89. The van der Waals surface area contributed by atoms with Gasteiger partial charge < -0.3 is 35.6 Å². The molecular formula is C26H29N5O6. The Morgan fingerprint density at radius 1 is 0.865 bits per heavy atom. The van der Waals surface area contributed by atoms with Crippen LogP contribution in [0.1, 0.15) is 12.0 Å². The number of nitrogens with zero attached hydrogens (tertiary/aromatic N) is 3. The van der Waals surface area contributed by atoms with Gasteiger partial charge in [0.15, 0.2) is 0 Å². The normalized spacial score (nSPS) is 18.1. The van der Waals surface area contributed by atoms with Crippen molar-refractivity contribution in [3.05, 3.63) is 65.7 Å². The van der Waals surface area contributed by atoms with Crippen molar-refractivity contribution < 1.29 is 28.7 Å². The van der Waals surface area contributed by atoms with Gasteiger partial charge in [0.25, 0.3) is 0 Å². The van der Waals surface area contributed by atoms with Gasteiger partial charge in [-0.1, -0.05) is 30.3 Å². The van der Waals surface area contributed by atoms with Gasteiger partial charge in [-0.05, 0) is 43.7 Å². The van der Waals surface area contributed by atoms with Crippen LogP contribution in [0.15, 0.2) is 60.2 Å². The summed E-state index contributed by atoms with van der Waals surface area (Å²) in [5.74, 6) is -2.27. The number of anilines is 3. The first-order valence-corrected chi connectivity index (χ1v) is 11.9. The maximum atomic E-state index is 12.9. The van der Waals surface area contributed by atoms with Crippen LogP contribution in [-0.2, 0) is 25.5 Å². The van der Waals surface area contributed by atoms with Crippen LogP contribution >= 0.6 is 0 Å². The number of likely N-dealkylation sites (N-methyl/N-ethyl adjacent to an activating group) is 1. The molecular weight excluding hydrogens is 478 g/mol. The molecule has 0 spiro atoms. The Morgan fingerprint density at radius 3 is 2.22 bits per heavy atom. The molecule has 1 saturated heterocycles. The number of benzene rings is 2. The van der Waals surface area contributed by atoms with Gasteiger partial charge in [0.2, 0.25) is 0 Å². The fourth-order valence-corrected chi connectivity index (χ4v) is 4.89.